The second-order valence-corrected chi connectivity index (χ2v) is 6.37. The Hall–Kier alpha value is -2.76. The van der Waals surface area contributed by atoms with Gasteiger partial charge < -0.3 is 15.2 Å². The lowest BCUT2D eigenvalue weighted by Gasteiger charge is -2.09. The summed E-state index contributed by atoms with van der Waals surface area (Å²) in [5.74, 6) is 0.975. The van der Waals surface area contributed by atoms with Crippen LogP contribution >= 0.6 is 0 Å². The van der Waals surface area contributed by atoms with Crippen LogP contribution in [0.3, 0.4) is 0 Å². The van der Waals surface area contributed by atoms with E-state index in [1.54, 1.807) is 0 Å². The van der Waals surface area contributed by atoms with E-state index in [1.165, 1.54) is 12.8 Å². The molecule has 1 saturated carbocycles. The first-order valence-corrected chi connectivity index (χ1v) is 8.53. The summed E-state index contributed by atoms with van der Waals surface area (Å²) in [6.45, 7) is 0.718. The number of imidazole rings is 1. The number of nitrogens with zero attached hydrogens (tertiary/aromatic N) is 3. The smallest absolute Gasteiger partial charge is 0.142 e. The molecule has 0 bridgehead atoms. The van der Waals surface area contributed by atoms with Crippen LogP contribution in [0.1, 0.15) is 24.4 Å². The van der Waals surface area contributed by atoms with Crippen LogP contribution in [0.4, 0.5) is 0 Å². The molecule has 0 unspecified atom stereocenters. The van der Waals surface area contributed by atoms with Gasteiger partial charge in [-0.3, -0.25) is 4.98 Å². The van der Waals surface area contributed by atoms with Gasteiger partial charge in [-0.05, 0) is 36.6 Å². The summed E-state index contributed by atoms with van der Waals surface area (Å²) in [7, 11) is 7.86. The standard InChI is InChI=1S/C19H20BN5/c1-21-6-7-22-10-13-8-14(12-23-11-13)19-24-17-5-2-15(20)9-18(17)25(19)16-3-4-16/h2,5-9,11-12,16,21-22H,3-4,10H2,1H3/b7-6-. The van der Waals surface area contributed by atoms with Crippen molar-refractivity contribution in [2.75, 3.05) is 7.05 Å². The number of nitrogens with one attached hydrogen (secondary N) is 2. The molecule has 1 fully saturated rings. The quantitative estimate of drug-likeness (QED) is 0.680. The molecule has 5 nitrogen and oxygen atoms in total. The van der Waals surface area contributed by atoms with Crippen molar-refractivity contribution in [3.8, 4) is 11.4 Å². The summed E-state index contributed by atoms with van der Waals surface area (Å²) < 4.78 is 2.32. The normalized spacial score (nSPS) is 14.3. The Labute approximate surface area is 148 Å². The largest absolute Gasteiger partial charge is 0.393 e. The van der Waals surface area contributed by atoms with Crippen molar-refractivity contribution in [3.63, 3.8) is 0 Å². The van der Waals surface area contributed by atoms with Crippen LogP contribution < -0.4 is 16.1 Å². The Morgan fingerprint density at radius 1 is 1.24 bits per heavy atom. The second-order valence-electron chi connectivity index (χ2n) is 6.37. The predicted octanol–water partition coefficient (Wildman–Crippen LogP) is 2.01. The third-order valence-electron chi connectivity index (χ3n) is 4.35. The van der Waals surface area contributed by atoms with E-state index in [-0.39, 0.29) is 0 Å². The van der Waals surface area contributed by atoms with Gasteiger partial charge in [0.1, 0.15) is 13.7 Å². The van der Waals surface area contributed by atoms with Crippen molar-refractivity contribution in [1.82, 2.24) is 25.2 Å². The van der Waals surface area contributed by atoms with Crippen LogP contribution in [0.15, 0.2) is 49.1 Å². The van der Waals surface area contributed by atoms with Crippen LogP contribution in [-0.2, 0) is 6.54 Å². The molecule has 6 heteroatoms. The van der Waals surface area contributed by atoms with Crippen molar-refractivity contribution in [2.24, 2.45) is 0 Å². The molecule has 0 spiro atoms. The van der Waals surface area contributed by atoms with Gasteiger partial charge in [0.15, 0.2) is 0 Å². The van der Waals surface area contributed by atoms with E-state index in [1.807, 2.05) is 50.0 Å². The summed E-state index contributed by atoms with van der Waals surface area (Å²) in [5, 5.41) is 6.19. The Morgan fingerprint density at radius 3 is 2.92 bits per heavy atom. The van der Waals surface area contributed by atoms with Crippen molar-refractivity contribution < 1.29 is 0 Å². The Kier molecular flexibility index (Phi) is 4.18. The minimum Gasteiger partial charge on any atom is -0.393 e. The van der Waals surface area contributed by atoms with E-state index in [2.05, 4.69) is 26.3 Å². The molecule has 4 rings (SSSR count). The lowest BCUT2D eigenvalue weighted by atomic mass is 9.96. The lowest BCUT2D eigenvalue weighted by molar-refractivity contribution is 0.774. The van der Waals surface area contributed by atoms with Gasteiger partial charge in [-0.25, -0.2) is 4.98 Å². The highest BCUT2D eigenvalue weighted by Gasteiger charge is 2.28. The maximum absolute atomic E-state index is 5.99. The molecule has 3 aromatic rings. The predicted molar refractivity (Wildman–Crippen MR) is 102 cm³/mol. The zero-order valence-electron chi connectivity index (χ0n) is 14.2. The van der Waals surface area contributed by atoms with Crippen molar-refractivity contribution >= 4 is 24.3 Å². The maximum Gasteiger partial charge on any atom is 0.142 e. The van der Waals surface area contributed by atoms with Gasteiger partial charge in [0, 0.05) is 50.0 Å². The van der Waals surface area contributed by atoms with E-state index in [4.69, 9.17) is 12.8 Å². The van der Waals surface area contributed by atoms with Crippen LogP contribution in [0, 0.1) is 0 Å². The fraction of sp³-hybridized carbons (Fsp3) is 0.263. The summed E-state index contributed by atoms with van der Waals surface area (Å²) in [5.41, 5.74) is 5.02. The monoisotopic (exact) mass is 329 g/mol. The molecule has 2 heterocycles. The highest BCUT2D eigenvalue weighted by atomic mass is 15.1. The molecule has 25 heavy (non-hydrogen) atoms. The fourth-order valence-electron chi connectivity index (χ4n) is 3.04. The van der Waals surface area contributed by atoms with Crippen molar-refractivity contribution in [2.45, 2.75) is 25.4 Å². The molecule has 0 atom stereocenters. The summed E-state index contributed by atoms with van der Waals surface area (Å²) >= 11 is 0. The SMILES string of the molecule is [B]c1ccc2nc(-c3cncc(CN/C=C\NC)c3)n(C3CC3)c2c1. The summed E-state index contributed by atoms with van der Waals surface area (Å²) in [6, 6.07) is 8.58. The highest BCUT2D eigenvalue weighted by Crippen LogP contribution is 2.41. The molecule has 1 aliphatic rings. The third kappa shape index (κ3) is 3.24. The molecule has 2 N–H and O–H groups in total. The van der Waals surface area contributed by atoms with Gasteiger partial charge in [-0.2, -0.15) is 0 Å². The maximum atomic E-state index is 5.99. The Morgan fingerprint density at radius 2 is 2.12 bits per heavy atom. The minimum atomic E-state index is 0.516. The number of aromatic nitrogens is 3. The number of benzene rings is 1. The second kappa shape index (κ2) is 6.63. The van der Waals surface area contributed by atoms with Gasteiger partial charge in [0.25, 0.3) is 0 Å². The number of hydrogen-bond acceptors (Lipinski definition) is 4. The lowest BCUT2D eigenvalue weighted by Crippen LogP contribution is -2.07. The van der Waals surface area contributed by atoms with Gasteiger partial charge in [-0.1, -0.05) is 11.5 Å². The summed E-state index contributed by atoms with van der Waals surface area (Å²) in [4.78, 5) is 9.27. The van der Waals surface area contributed by atoms with Gasteiger partial charge in [-0.15, -0.1) is 0 Å². The molecule has 0 aliphatic heterocycles. The van der Waals surface area contributed by atoms with E-state index in [9.17, 15) is 0 Å². The minimum absolute atomic E-state index is 0.516. The van der Waals surface area contributed by atoms with Crippen molar-refractivity contribution in [1.29, 1.82) is 0 Å². The Bertz CT molecular complexity index is 927. The topological polar surface area (TPSA) is 54.8 Å². The molecular formula is C19H20BN5. The first-order valence-electron chi connectivity index (χ1n) is 8.53. The molecule has 0 amide bonds. The van der Waals surface area contributed by atoms with Crippen LogP contribution in [0.25, 0.3) is 22.4 Å². The average molecular weight is 329 g/mol. The van der Waals surface area contributed by atoms with E-state index in [0.29, 0.717) is 6.04 Å². The highest BCUT2D eigenvalue weighted by molar-refractivity contribution is 6.33. The van der Waals surface area contributed by atoms with Crippen LogP contribution in [-0.4, -0.2) is 29.4 Å². The van der Waals surface area contributed by atoms with E-state index in [0.717, 1.165) is 40.0 Å². The van der Waals surface area contributed by atoms with E-state index < -0.39 is 0 Å². The first-order chi connectivity index (χ1) is 12.3. The number of hydrogen-bond donors (Lipinski definition) is 2. The fourth-order valence-corrected chi connectivity index (χ4v) is 3.04. The molecule has 0 saturated heterocycles. The number of pyridine rings is 1. The zero-order valence-corrected chi connectivity index (χ0v) is 14.2. The zero-order chi connectivity index (χ0) is 17.2. The molecular weight excluding hydrogens is 309 g/mol. The number of fused-ring (bicyclic) bond motifs is 1. The van der Waals surface area contributed by atoms with Gasteiger partial charge in [0.2, 0.25) is 0 Å². The van der Waals surface area contributed by atoms with Gasteiger partial charge in [0.05, 0.1) is 11.0 Å². The summed E-state index contributed by atoms with van der Waals surface area (Å²) in [6.07, 6.45) is 9.89. The van der Waals surface area contributed by atoms with Gasteiger partial charge >= 0.3 is 0 Å². The van der Waals surface area contributed by atoms with Crippen LogP contribution in [0.2, 0.25) is 0 Å². The van der Waals surface area contributed by atoms with Crippen molar-refractivity contribution in [3.05, 3.63) is 54.6 Å². The molecule has 1 aromatic carbocycles. The molecule has 2 radical (unpaired) electrons. The third-order valence-corrected chi connectivity index (χ3v) is 4.35. The van der Waals surface area contributed by atoms with E-state index >= 15 is 0 Å². The molecule has 124 valence electrons. The Balaban J connectivity index is 1.72. The van der Waals surface area contributed by atoms with Crippen LogP contribution in [0.5, 0.6) is 0 Å². The average Bonchev–Trinajstić information content (AvgIpc) is 3.39. The number of rotatable bonds is 6. The first kappa shape index (κ1) is 15.8. The molecule has 1 aliphatic carbocycles. The molecule has 2 aromatic heterocycles.